The number of carbonyl (C=O) groups is 2. The molecule has 0 aromatic heterocycles. The molecule has 1 aromatic rings. The van der Waals surface area contributed by atoms with E-state index in [1.54, 1.807) is 19.1 Å². The second-order valence-electron chi connectivity index (χ2n) is 5.94. The molecule has 0 heterocycles. The Morgan fingerprint density at radius 3 is 2.00 bits per heavy atom. The molecule has 0 amide bonds. The predicted molar refractivity (Wildman–Crippen MR) is 93.5 cm³/mol. The largest absolute Gasteiger partial charge is 0.463 e. The number of benzene rings is 1. The van der Waals surface area contributed by atoms with Crippen LogP contribution in [0.15, 0.2) is 24.3 Å². The van der Waals surface area contributed by atoms with Crippen LogP contribution in [-0.4, -0.2) is 48.8 Å². The molecule has 1 atom stereocenters. The molecule has 5 nitrogen and oxygen atoms in total. The van der Waals surface area contributed by atoms with Crippen molar-refractivity contribution in [3.05, 3.63) is 35.4 Å². The minimum atomic E-state index is -0.901. The first-order chi connectivity index (χ1) is 11.4. The second kappa shape index (κ2) is 9.42. The molecule has 0 N–H and O–H groups in total. The average molecular weight is 336 g/mol. The number of rotatable bonds is 9. The van der Waals surface area contributed by atoms with Gasteiger partial charge in [-0.1, -0.05) is 12.1 Å². The molecule has 0 fully saturated rings. The molecule has 0 saturated heterocycles. The smallest absolute Gasteiger partial charge is 0.347 e. The third kappa shape index (κ3) is 5.34. The van der Waals surface area contributed by atoms with Crippen molar-refractivity contribution in [2.75, 3.05) is 26.2 Å². The van der Waals surface area contributed by atoms with Crippen LogP contribution >= 0.6 is 0 Å². The van der Waals surface area contributed by atoms with Gasteiger partial charge in [0.15, 0.2) is 6.10 Å². The van der Waals surface area contributed by atoms with Gasteiger partial charge in [-0.3, -0.25) is 0 Å². The van der Waals surface area contributed by atoms with E-state index in [1.807, 2.05) is 12.1 Å². The summed E-state index contributed by atoms with van der Waals surface area (Å²) in [7, 11) is 0. The quantitative estimate of drug-likeness (QED) is 0.513. The summed E-state index contributed by atoms with van der Waals surface area (Å²) < 4.78 is 11.0. The molecule has 0 aliphatic heterocycles. The van der Waals surface area contributed by atoms with E-state index in [0.717, 1.165) is 30.7 Å². The molecule has 0 spiro atoms. The lowest BCUT2D eigenvalue weighted by molar-refractivity contribution is -0.936. The number of carbonyl (C=O) groups excluding carboxylic acids is 2. The Morgan fingerprint density at radius 1 is 1.00 bits per heavy atom. The first-order valence-corrected chi connectivity index (χ1v) is 8.73. The summed E-state index contributed by atoms with van der Waals surface area (Å²) in [5, 5.41) is 0. The van der Waals surface area contributed by atoms with E-state index in [2.05, 4.69) is 20.8 Å². The number of ether oxygens (including phenoxy) is 2. The van der Waals surface area contributed by atoms with Crippen LogP contribution in [0, 0.1) is 0 Å². The normalized spacial score (nSPS) is 12.5. The fourth-order valence-electron chi connectivity index (χ4n) is 2.68. The average Bonchev–Trinajstić information content (AvgIpc) is 2.60. The van der Waals surface area contributed by atoms with E-state index in [9.17, 15) is 9.59 Å². The van der Waals surface area contributed by atoms with E-state index >= 15 is 0 Å². The Balaban J connectivity index is 2.73. The molecular weight excluding hydrogens is 306 g/mol. The Hall–Kier alpha value is -1.88. The first kappa shape index (κ1) is 20.2. The maximum absolute atomic E-state index is 12.1. The highest BCUT2D eigenvalue weighted by atomic mass is 16.6. The van der Waals surface area contributed by atoms with Crippen molar-refractivity contribution in [1.82, 2.24) is 0 Å². The summed E-state index contributed by atoms with van der Waals surface area (Å²) in [5.74, 6) is -1.04. The summed E-state index contributed by atoms with van der Waals surface area (Å²) in [6.45, 7) is 14.3. The summed E-state index contributed by atoms with van der Waals surface area (Å²) >= 11 is 0. The van der Waals surface area contributed by atoms with Gasteiger partial charge in [-0.15, -0.1) is 0 Å². The van der Waals surface area contributed by atoms with Gasteiger partial charge in [-0.2, -0.15) is 0 Å². The number of quaternary nitrogens is 1. The van der Waals surface area contributed by atoms with Crippen molar-refractivity contribution in [3.63, 3.8) is 0 Å². The van der Waals surface area contributed by atoms with Crippen molar-refractivity contribution >= 4 is 11.9 Å². The van der Waals surface area contributed by atoms with Crippen LogP contribution in [0.1, 0.15) is 50.5 Å². The van der Waals surface area contributed by atoms with Crippen LogP contribution in [-0.2, 0) is 20.8 Å². The molecule has 1 aromatic carbocycles. The van der Waals surface area contributed by atoms with Crippen molar-refractivity contribution in [2.45, 2.75) is 47.3 Å². The summed E-state index contributed by atoms with van der Waals surface area (Å²) in [6.07, 6.45) is -0.901. The number of nitrogens with zero attached hydrogens (tertiary/aromatic N) is 1. The van der Waals surface area contributed by atoms with E-state index in [4.69, 9.17) is 9.47 Å². The van der Waals surface area contributed by atoms with E-state index in [1.165, 1.54) is 12.5 Å². The first-order valence-electron chi connectivity index (χ1n) is 8.73. The van der Waals surface area contributed by atoms with Gasteiger partial charge < -0.3 is 14.0 Å². The Labute approximate surface area is 145 Å². The molecule has 0 aliphatic rings. The fourth-order valence-corrected chi connectivity index (χ4v) is 2.68. The van der Waals surface area contributed by atoms with E-state index in [0.29, 0.717) is 5.56 Å². The zero-order valence-corrected chi connectivity index (χ0v) is 15.5. The highest BCUT2D eigenvalue weighted by Crippen LogP contribution is 2.15. The minimum absolute atomic E-state index is 0.266. The molecule has 0 aliphatic carbocycles. The fraction of sp³-hybridized carbons (Fsp3) is 0.579. The van der Waals surface area contributed by atoms with E-state index in [-0.39, 0.29) is 6.61 Å². The van der Waals surface area contributed by atoms with Gasteiger partial charge in [0, 0.05) is 5.56 Å². The van der Waals surface area contributed by atoms with Crippen LogP contribution < -0.4 is 0 Å². The van der Waals surface area contributed by atoms with Gasteiger partial charge in [0.2, 0.25) is 0 Å². The highest BCUT2D eigenvalue weighted by Gasteiger charge is 2.22. The molecule has 0 radical (unpaired) electrons. The van der Waals surface area contributed by atoms with Crippen molar-refractivity contribution in [2.24, 2.45) is 0 Å². The third-order valence-corrected chi connectivity index (χ3v) is 4.62. The van der Waals surface area contributed by atoms with Gasteiger partial charge >= 0.3 is 11.9 Å². The second-order valence-corrected chi connectivity index (χ2v) is 5.94. The van der Waals surface area contributed by atoms with Crippen LogP contribution in [0.25, 0.3) is 0 Å². The third-order valence-electron chi connectivity index (χ3n) is 4.62. The van der Waals surface area contributed by atoms with Gasteiger partial charge in [0.1, 0.15) is 6.54 Å². The molecule has 0 saturated carbocycles. The van der Waals surface area contributed by atoms with Gasteiger partial charge in [-0.25, -0.2) is 9.59 Å². The van der Waals surface area contributed by atoms with Gasteiger partial charge in [0.25, 0.3) is 0 Å². The summed E-state index contributed by atoms with van der Waals surface area (Å²) in [6, 6.07) is 7.43. The summed E-state index contributed by atoms with van der Waals surface area (Å²) in [5.41, 5.74) is 1.63. The maximum atomic E-state index is 12.1. The topological polar surface area (TPSA) is 52.6 Å². The molecule has 5 heteroatoms. The lowest BCUT2D eigenvalue weighted by atomic mass is 10.1. The molecule has 0 bridgehead atoms. The van der Waals surface area contributed by atoms with Gasteiger partial charge in [-0.05, 0) is 46.8 Å². The Bertz CT molecular complexity index is 527. The molecule has 0 unspecified atom stereocenters. The molecule has 134 valence electrons. The van der Waals surface area contributed by atoms with Crippen LogP contribution in [0.4, 0.5) is 0 Å². The summed E-state index contributed by atoms with van der Waals surface area (Å²) in [4.78, 5) is 23.6. The zero-order valence-electron chi connectivity index (χ0n) is 15.5. The lowest BCUT2D eigenvalue weighted by Crippen LogP contribution is -2.46. The van der Waals surface area contributed by atoms with Crippen LogP contribution in [0.5, 0.6) is 0 Å². The zero-order chi connectivity index (χ0) is 18.2. The molecule has 1 rings (SSSR count). The monoisotopic (exact) mass is 336 g/mol. The van der Waals surface area contributed by atoms with Crippen LogP contribution in [0.2, 0.25) is 0 Å². The highest BCUT2D eigenvalue weighted by molar-refractivity contribution is 5.91. The molecular formula is C19H30NO4+. The number of hydrogen-bond acceptors (Lipinski definition) is 4. The molecule has 24 heavy (non-hydrogen) atoms. The standard InChI is InChI=1S/C19H30NO4/c1-6-20(7-2,8-3)14-16-10-12-17(13-11-16)19(22)24-15(5)18(21)23-9-4/h10-13,15H,6-9,14H2,1-5H3/q+1/t15-/m1/s1. The van der Waals surface area contributed by atoms with Crippen molar-refractivity contribution in [3.8, 4) is 0 Å². The Kier molecular flexibility index (Phi) is 7.92. The van der Waals surface area contributed by atoms with Gasteiger partial charge in [0.05, 0.1) is 31.8 Å². The number of esters is 2. The van der Waals surface area contributed by atoms with Crippen molar-refractivity contribution in [1.29, 1.82) is 0 Å². The Morgan fingerprint density at radius 2 is 1.54 bits per heavy atom. The van der Waals surface area contributed by atoms with Crippen molar-refractivity contribution < 1.29 is 23.5 Å². The maximum Gasteiger partial charge on any atom is 0.347 e. The predicted octanol–water partition coefficient (Wildman–Crippen LogP) is 3.17. The minimum Gasteiger partial charge on any atom is -0.463 e. The number of hydrogen-bond donors (Lipinski definition) is 0. The SMILES string of the molecule is CCOC(=O)[C@@H](C)OC(=O)c1ccc(C[N+](CC)(CC)CC)cc1. The van der Waals surface area contributed by atoms with E-state index < -0.39 is 18.0 Å². The lowest BCUT2D eigenvalue weighted by Gasteiger charge is -2.35. The van der Waals surface area contributed by atoms with Crippen LogP contribution in [0.3, 0.4) is 0 Å².